The minimum Gasteiger partial charge on any atom is -0.475 e. The van der Waals surface area contributed by atoms with Crippen molar-refractivity contribution >= 4 is 22.4 Å². The number of benzene rings is 1. The van der Waals surface area contributed by atoms with E-state index < -0.39 is 0 Å². The normalized spacial score (nSPS) is 20.4. The smallest absolute Gasteiger partial charge is 0.234 e. The van der Waals surface area contributed by atoms with Crippen LogP contribution < -0.4 is 19.9 Å². The van der Waals surface area contributed by atoms with Crippen LogP contribution in [0, 0.1) is 11.3 Å². The summed E-state index contributed by atoms with van der Waals surface area (Å²) in [5, 5.41) is 14.9. The Morgan fingerprint density at radius 2 is 1.94 bits per heavy atom. The number of likely N-dealkylation sites (N-methyl/N-ethyl adjacent to an activating group) is 1. The van der Waals surface area contributed by atoms with Gasteiger partial charge in [-0.05, 0) is 45.0 Å². The zero-order chi connectivity index (χ0) is 24.5. The van der Waals surface area contributed by atoms with Gasteiger partial charge in [0.05, 0.1) is 11.2 Å². The van der Waals surface area contributed by atoms with E-state index in [1.165, 1.54) is 12.0 Å². The molecule has 3 aliphatic rings. The second-order valence-electron chi connectivity index (χ2n) is 10.0. The third-order valence-electron chi connectivity index (χ3n) is 7.90. The van der Waals surface area contributed by atoms with Gasteiger partial charge in [0, 0.05) is 68.0 Å². The molecule has 0 radical (unpaired) electrons. The monoisotopic (exact) mass is 483 g/mol. The highest BCUT2D eigenvalue weighted by Gasteiger charge is 2.30. The number of piperazine rings is 1. The van der Waals surface area contributed by atoms with E-state index in [0.717, 1.165) is 80.1 Å². The first kappa shape index (κ1) is 23.0. The van der Waals surface area contributed by atoms with Crippen molar-refractivity contribution in [2.24, 2.45) is 0 Å². The summed E-state index contributed by atoms with van der Waals surface area (Å²) in [7, 11) is 2.15. The molecule has 36 heavy (non-hydrogen) atoms. The first-order valence-corrected chi connectivity index (χ1v) is 13.1. The quantitative estimate of drug-likeness (QED) is 0.593. The van der Waals surface area contributed by atoms with Crippen LogP contribution in [0.3, 0.4) is 0 Å². The molecule has 0 saturated carbocycles. The largest absolute Gasteiger partial charge is 0.475 e. The number of ether oxygens (including phenoxy) is 1. The van der Waals surface area contributed by atoms with E-state index in [9.17, 15) is 5.26 Å². The van der Waals surface area contributed by atoms with Crippen molar-refractivity contribution in [1.29, 1.82) is 5.26 Å². The molecule has 8 heteroatoms. The van der Waals surface area contributed by atoms with E-state index in [0.29, 0.717) is 30.6 Å². The standard InChI is InChI=1S/C28H33N7O/c1-33-13-4-7-21(33)19-36-28-23(17-29)24-18-35(25-8-2-5-20-6-3-10-31-26(20)25)14-9-22(24)27(32-28)34-15-11-30-12-16-34/h2-3,5-6,8,10,21,30H,4,7,9,11-16,18-19H2,1H3. The van der Waals surface area contributed by atoms with Gasteiger partial charge in [0.1, 0.15) is 24.1 Å². The Morgan fingerprint density at radius 1 is 1.08 bits per heavy atom. The zero-order valence-corrected chi connectivity index (χ0v) is 20.9. The average Bonchev–Trinajstić information content (AvgIpc) is 3.35. The van der Waals surface area contributed by atoms with Crippen LogP contribution in [0.4, 0.5) is 11.5 Å². The molecule has 1 aromatic carbocycles. The van der Waals surface area contributed by atoms with Crippen molar-refractivity contribution in [1.82, 2.24) is 20.2 Å². The van der Waals surface area contributed by atoms with Gasteiger partial charge in [0.25, 0.3) is 0 Å². The van der Waals surface area contributed by atoms with Crippen molar-refractivity contribution in [3.63, 3.8) is 0 Å². The number of nitrogens with one attached hydrogen (secondary N) is 1. The molecule has 0 aliphatic carbocycles. The van der Waals surface area contributed by atoms with Crippen molar-refractivity contribution in [2.75, 3.05) is 62.7 Å². The predicted octanol–water partition coefficient (Wildman–Crippen LogP) is 2.95. The summed E-state index contributed by atoms with van der Waals surface area (Å²) in [6.07, 6.45) is 5.00. The maximum atomic E-state index is 10.3. The summed E-state index contributed by atoms with van der Waals surface area (Å²) < 4.78 is 6.34. The lowest BCUT2D eigenvalue weighted by atomic mass is 9.95. The highest BCUT2D eigenvalue weighted by molar-refractivity contribution is 5.91. The summed E-state index contributed by atoms with van der Waals surface area (Å²) in [6.45, 7) is 6.86. The zero-order valence-electron chi connectivity index (χ0n) is 20.9. The van der Waals surface area contributed by atoms with Crippen molar-refractivity contribution in [3.05, 3.63) is 53.2 Å². The molecule has 2 saturated heterocycles. The minimum atomic E-state index is 0.371. The molecule has 2 fully saturated rings. The Labute approximate surface area is 212 Å². The molecule has 2 aromatic heterocycles. The lowest BCUT2D eigenvalue weighted by Gasteiger charge is -2.36. The third kappa shape index (κ3) is 4.23. The van der Waals surface area contributed by atoms with Crippen LogP contribution in [-0.2, 0) is 13.0 Å². The van der Waals surface area contributed by atoms with Crippen LogP contribution in [0.5, 0.6) is 5.88 Å². The van der Waals surface area contributed by atoms with E-state index in [1.54, 1.807) is 0 Å². The fraction of sp³-hybridized carbons (Fsp3) is 0.464. The molecule has 6 rings (SSSR count). The molecular formula is C28H33N7O. The molecule has 1 unspecified atom stereocenters. The summed E-state index contributed by atoms with van der Waals surface area (Å²) in [5.41, 5.74) is 4.94. The number of pyridine rings is 2. The highest BCUT2D eigenvalue weighted by Crippen LogP contribution is 2.37. The Hall–Kier alpha value is -3.41. The second-order valence-corrected chi connectivity index (χ2v) is 10.0. The van der Waals surface area contributed by atoms with Gasteiger partial charge in [-0.2, -0.15) is 10.2 Å². The van der Waals surface area contributed by atoms with Gasteiger partial charge in [-0.15, -0.1) is 0 Å². The van der Waals surface area contributed by atoms with Crippen molar-refractivity contribution < 1.29 is 4.74 Å². The van der Waals surface area contributed by atoms with Gasteiger partial charge in [0.2, 0.25) is 5.88 Å². The predicted molar refractivity (Wildman–Crippen MR) is 142 cm³/mol. The van der Waals surface area contributed by atoms with Gasteiger partial charge < -0.3 is 24.8 Å². The molecule has 1 atom stereocenters. The first-order chi connectivity index (χ1) is 17.7. The lowest BCUT2D eigenvalue weighted by molar-refractivity contribution is 0.193. The van der Waals surface area contributed by atoms with Crippen LogP contribution in [0.2, 0.25) is 0 Å². The maximum absolute atomic E-state index is 10.3. The van der Waals surface area contributed by atoms with E-state index in [1.807, 2.05) is 12.3 Å². The fourth-order valence-electron chi connectivity index (χ4n) is 5.86. The SMILES string of the molecule is CN1CCCC1COc1nc(N2CCNCC2)c2c(c1C#N)CN(c1cccc3cccnc13)CC2. The van der Waals surface area contributed by atoms with Gasteiger partial charge in [0.15, 0.2) is 0 Å². The van der Waals surface area contributed by atoms with Gasteiger partial charge in [-0.25, -0.2) is 0 Å². The van der Waals surface area contributed by atoms with Crippen LogP contribution >= 0.6 is 0 Å². The molecular weight excluding hydrogens is 450 g/mol. The minimum absolute atomic E-state index is 0.371. The summed E-state index contributed by atoms with van der Waals surface area (Å²) >= 11 is 0. The Bertz CT molecular complexity index is 1290. The molecule has 0 amide bonds. The molecule has 3 aliphatic heterocycles. The first-order valence-electron chi connectivity index (χ1n) is 13.1. The number of rotatable bonds is 5. The second kappa shape index (κ2) is 9.92. The Morgan fingerprint density at radius 3 is 2.75 bits per heavy atom. The molecule has 5 heterocycles. The molecule has 186 valence electrons. The van der Waals surface area contributed by atoms with Crippen LogP contribution in [0.1, 0.15) is 29.5 Å². The Balaban J connectivity index is 1.39. The highest BCUT2D eigenvalue weighted by atomic mass is 16.5. The summed E-state index contributed by atoms with van der Waals surface area (Å²) in [5.74, 6) is 1.49. The number of anilines is 2. The third-order valence-corrected chi connectivity index (χ3v) is 7.90. The number of nitriles is 1. The molecule has 0 bridgehead atoms. The van der Waals surface area contributed by atoms with Crippen LogP contribution in [-0.4, -0.2) is 73.8 Å². The molecule has 3 aromatic rings. The van der Waals surface area contributed by atoms with Gasteiger partial charge in [-0.1, -0.05) is 18.2 Å². The van der Waals surface area contributed by atoms with Gasteiger partial charge >= 0.3 is 0 Å². The van der Waals surface area contributed by atoms with E-state index in [-0.39, 0.29) is 0 Å². The Kier molecular flexibility index (Phi) is 6.34. The number of hydrogen-bond donors (Lipinski definition) is 1. The van der Waals surface area contributed by atoms with E-state index in [2.05, 4.69) is 62.4 Å². The number of likely N-dealkylation sites (tertiary alicyclic amines) is 1. The number of fused-ring (bicyclic) bond motifs is 2. The maximum Gasteiger partial charge on any atom is 0.234 e. The summed E-state index contributed by atoms with van der Waals surface area (Å²) in [6, 6.07) is 13.2. The molecule has 0 spiro atoms. The van der Waals surface area contributed by atoms with E-state index in [4.69, 9.17) is 9.72 Å². The average molecular weight is 484 g/mol. The molecule has 8 nitrogen and oxygen atoms in total. The number of aromatic nitrogens is 2. The van der Waals surface area contributed by atoms with Crippen molar-refractivity contribution in [2.45, 2.75) is 31.8 Å². The summed E-state index contributed by atoms with van der Waals surface area (Å²) in [4.78, 5) is 16.8. The van der Waals surface area contributed by atoms with Crippen molar-refractivity contribution in [3.8, 4) is 11.9 Å². The number of nitrogens with zero attached hydrogens (tertiary/aromatic N) is 6. The number of hydrogen-bond acceptors (Lipinski definition) is 8. The van der Waals surface area contributed by atoms with Crippen LogP contribution in [0.15, 0.2) is 36.5 Å². The van der Waals surface area contributed by atoms with Gasteiger partial charge in [-0.3, -0.25) is 4.98 Å². The van der Waals surface area contributed by atoms with Crippen LogP contribution in [0.25, 0.3) is 10.9 Å². The van der Waals surface area contributed by atoms with E-state index >= 15 is 0 Å². The molecule has 1 N–H and O–H groups in total. The lowest BCUT2D eigenvalue weighted by Crippen LogP contribution is -2.45. The number of para-hydroxylation sites is 1. The fourth-order valence-corrected chi connectivity index (χ4v) is 5.86. The topological polar surface area (TPSA) is 80.5 Å².